The van der Waals surface area contributed by atoms with Gasteiger partial charge in [-0.15, -0.1) is 0 Å². The molecular weight excluding hydrogens is 202 g/mol. The fourth-order valence-electron chi connectivity index (χ4n) is 2.03. The molecule has 0 aliphatic carbocycles. The molecular formula is C13H19NO2. The van der Waals surface area contributed by atoms with E-state index in [4.69, 9.17) is 15.2 Å². The largest absolute Gasteiger partial charge is 0.486 e. The Balaban J connectivity index is 2.40. The quantitative estimate of drug-likeness (QED) is 0.848. The van der Waals surface area contributed by atoms with Crippen molar-refractivity contribution in [3.8, 4) is 11.5 Å². The number of nitrogens with two attached hydrogens (primary N) is 1. The lowest BCUT2D eigenvalue weighted by Crippen LogP contribution is -2.18. The summed E-state index contributed by atoms with van der Waals surface area (Å²) >= 11 is 0. The SMILES string of the molecule is Cc1cc(CCCN)c2c(c1C)OCCO2. The maximum Gasteiger partial charge on any atom is 0.164 e. The van der Waals surface area contributed by atoms with Crippen molar-refractivity contribution in [2.45, 2.75) is 26.7 Å². The Hall–Kier alpha value is -1.22. The summed E-state index contributed by atoms with van der Waals surface area (Å²) in [5.74, 6) is 1.86. The molecule has 0 bridgehead atoms. The highest BCUT2D eigenvalue weighted by atomic mass is 16.6. The zero-order valence-corrected chi connectivity index (χ0v) is 10.0. The van der Waals surface area contributed by atoms with E-state index in [9.17, 15) is 0 Å². The van der Waals surface area contributed by atoms with Crippen LogP contribution in [0.2, 0.25) is 0 Å². The van der Waals surface area contributed by atoms with Crippen molar-refractivity contribution in [1.29, 1.82) is 0 Å². The molecule has 0 unspecified atom stereocenters. The van der Waals surface area contributed by atoms with Crippen LogP contribution in [-0.2, 0) is 6.42 Å². The van der Waals surface area contributed by atoms with E-state index < -0.39 is 0 Å². The lowest BCUT2D eigenvalue weighted by Gasteiger charge is -2.24. The first kappa shape index (κ1) is 11.3. The third kappa shape index (κ3) is 2.00. The summed E-state index contributed by atoms with van der Waals surface area (Å²) in [6.45, 7) is 6.19. The van der Waals surface area contributed by atoms with E-state index in [2.05, 4.69) is 19.9 Å². The van der Waals surface area contributed by atoms with Gasteiger partial charge in [-0.05, 0) is 49.9 Å². The summed E-state index contributed by atoms with van der Waals surface area (Å²) in [4.78, 5) is 0. The third-order valence-corrected chi connectivity index (χ3v) is 3.05. The molecule has 0 radical (unpaired) electrons. The van der Waals surface area contributed by atoms with Gasteiger partial charge < -0.3 is 15.2 Å². The van der Waals surface area contributed by atoms with E-state index in [-0.39, 0.29) is 0 Å². The Morgan fingerprint density at radius 3 is 2.56 bits per heavy atom. The Labute approximate surface area is 96.5 Å². The molecule has 88 valence electrons. The molecule has 3 heteroatoms. The van der Waals surface area contributed by atoms with Crippen LogP contribution >= 0.6 is 0 Å². The first-order valence-corrected chi connectivity index (χ1v) is 5.82. The molecule has 1 aromatic carbocycles. The van der Waals surface area contributed by atoms with Crippen molar-refractivity contribution in [3.63, 3.8) is 0 Å². The minimum absolute atomic E-state index is 0.644. The van der Waals surface area contributed by atoms with E-state index in [0.29, 0.717) is 19.8 Å². The number of rotatable bonds is 3. The van der Waals surface area contributed by atoms with Crippen LogP contribution in [0.1, 0.15) is 23.1 Å². The molecule has 1 heterocycles. The lowest BCUT2D eigenvalue weighted by molar-refractivity contribution is 0.168. The molecule has 0 saturated carbocycles. The maximum absolute atomic E-state index is 5.72. The van der Waals surface area contributed by atoms with Gasteiger partial charge in [-0.1, -0.05) is 6.07 Å². The van der Waals surface area contributed by atoms with Crippen LogP contribution < -0.4 is 15.2 Å². The summed E-state index contributed by atoms with van der Waals surface area (Å²) in [6.07, 6.45) is 1.95. The molecule has 16 heavy (non-hydrogen) atoms. The minimum atomic E-state index is 0.644. The fraction of sp³-hybridized carbons (Fsp3) is 0.538. The maximum atomic E-state index is 5.72. The van der Waals surface area contributed by atoms with Crippen LogP contribution in [0.3, 0.4) is 0 Å². The van der Waals surface area contributed by atoms with Gasteiger partial charge in [0.05, 0.1) is 0 Å². The van der Waals surface area contributed by atoms with Crippen molar-refractivity contribution < 1.29 is 9.47 Å². The van der Waals surface area contributed by atoms with Gasteiger partial charge in [-0.25, -0.2) is 0 Å². The van der Waals surface area contributed by atoms with Crippen LogP contribution in [0, 0.1) is 13.8 Å². The minimum Gasteiger partial charge on any atom is -0.486 e. The molecule has 2 N–H and O–H groups in total. The van der Waals surface area contributed by atoms with E-state index in [1.54, 1.807) is 0 Å². The highest BCUT2D eigenvalue weighted by molar-refractivity contribution is 5.55. The molecule has 0 saturated heterocycles. The second kappa shape index (κ2) is 4.74. The predicted octanol–water partition coefficient (Wildman–Crippen LogP) is 1.97. The molecule has 0 aromatic heterocycles. The van der Waals surface area contributed by atoms with Gasteiger partial charge in [0.25, 0.3) is 0 Å². The number of ether oxygens (including phenoxy) is 2. The highest BCUT2D eigenvalue weighted by Gasteiger charge is 2.19. The second-order valence-electron chi connectivity index (χ2n) is 4.22. The van der Waals surface area contributed by atoms with Gasteiger partial charge in [0.15, 0.2) is 11.5 Å². The van der Waals surface area contributed by atoms with Crippen LogP contribution in [-0.4, -0.2) is 19.8 Å². The van der Waals surface area contributed by atoms with Crippen molar-refractivity contribution >= 4 is 0 Å². The monoisotopic (exact) mass is 221 g/mol. The van der Waals surface area contributed by atoms with Gasteiger partial charge in [-0.2, -0.15) is 0 Å². The van der Waals surface area contributed by atoms with E-state index in [1.165, 1.54) is 16.7 Å². The van der Waals surface area contributed by atoms with E-state index in [1.807, 2.05) is 0 Å². The van der Waals surface area contributed by atoms with Gasteiger partial charge >= 0.3 is 0 Å². The zero-order valence-electron chi connectivity index (χ0n) is 10.0. The number of fused-ring (bicyclic) bond motifs is 1. The number of benzene rings is 1. The predicted molar refractivity (Wildman–Crippen MR) is 64.3 cm³/mol. The molecule has 0 atom stereocenters. The van der Waals surface area contributed by atoms with Crippen molar-refractivity contribution in [2.75, 3.05) is 19.8 Å². The Morgan fingerprint density at radius 2 is 1.88 bits per heavy atom. The third-order valence-electron chi connectivity index (χ3n) is 3.05. The Bertz CT molecular complexity index is 388. The molecule has 0 amide bonds. The number of hydrogen-bond donors (Lipinski definition) is 1. The topological polar surface area (TPSA) is 44.5 Å². The zero-order chi connectivity index (χ0) is 11.5. The first-order chi connectivity index (χ1) is 7.74. The van der Waals surface area contributed by atoms with Crippen LogP contribution in [0.15, 0.2) is 6.07 Å². The fourth-order valence-corrected chi connectivity index (χ4v) is 2.03. The molecule has 0 spiro atoms. The molecule has 1 aliphatic heterocycles. The van der Waals surface area contributed by atoms with E-state index in [0.717, 1.165) is 24.3 Å². The second-order valence-corrected chi connectivity index (χ2v) is 4.22. The average molecular weight is 221 g/mol. The van der Waals surface area contributed by atoms with Crippen LogP contribution in [0.25, 0.3) is 0 Å². The van der Waals surface area contributed by atoms with E-state index >= 15 is 0 Å². The smallest absolute Gasteiger partial charge is 0.164 e. The molecule has 0 fully saturated rings. The normalized spacial score (nSPS) is 13.9. The molecule has 2 rings (SSSR count). The summed E-state index contributed by atoms with van der Waals surface area (Å²) in [5.41, 5.74) is 9.22. The average Bonchev–Trinajstić information content (AvgIpc) is 2.32. The summed E-state index contributed by atoms with van der Waals surface area (Å²) in [5, 5.41) is 0. The number of hydrogen-bond acceptors (Lipinski definition) is 3. The Kier molecular flexibility index (Phi) is 3.34. The van der Waals surface area contributed by atoms with Gasteiger partial charge in [0.2, 0.25) is 0 Å². The van der Waals surface area contributed by atoms with Crippen LogP contribution in [0.4, 0.5) is 0 Å². The van der Waals surface area contributed by atoms with Crippen molar-refractivity contribution in [3.05, 3.63) is 22.8 Å². The van der Waals surface area contributed by atoms with Crippen molar-refractivity contribution in [2.24, 2.45) is 5.73 Å². The molecule has 1 aromatic rings. The van der Waals surface area contributed by atoms with Crippen LogP contribution in [0.5, 0.6) is 11.5 Å². The number of aryl methyl sites for hydroxylation is 2. The van der Waals surface area contributed by atoms with Crippen molar-refractivity contribution in [1.82, 2.24) is 0 Å². The van der Waals surface area contributed by atoms with Gasteiger partial charge in [0.1, 0.15) is 13.2 Å². The summed E-state index contributed by atoms with van der Waals surface area (Å²) < 4.78 is 11.4. The Morgan fingerprint density at radius 1 is 1.19 bits per heavy atom. The summed E-state index contributed by atoms with van der Waals surface area (Å²) in [7, 11) is 0. The lowest BCUT2D eigenvalue weighted by atomic mass is 10.00. The first-order valence-electron chi connectivity index (χ1n) is 5.82. The molecule has 3 nitrogen and oxygen atoms in total. The summed E-state index contributed by atoms with van der Waals surface area (Å²) in [6, 6.07) is 2.19. The standard InChI is InChI=1S/C13H19NO2/c1-9-8-11(4-3-5-14)13-12(10(9)2)15-6-7-16-13/h8H,3-7,14H2,1-2H3. The highest BCUT2D eigenvalue weighted by Crippen LogP contribution is 2.39. The van der Waals surface area contributed by atoms with Gasteiger partial charge in [0, 0.05) is 0 Å². The molecule has 1 aliphatic rings. The van der Waals surface area contributed by atoms with Gasteiger partial charge in [-0.3, -0.25) is 0 Å².